The highest BCUT2D eigenvalue weighted by Crippen LogP contribution is 2.21. The number of hydrogen-bond donors (Lipinski definition) is 2. The van der Waals surface area contributed by atoms with E-state index >= 15 is 0 Å². The Kier molecular flexibility index (Phi) is 4.45. The Hall–Kier alpha value is -2.24. The molecule has 20 heavy (non-hydrogen) atoms. The van der Waals surface area contributed by atoms with Crippen molar-refractivity contribution in [2.45, 2.75) is 25.3 Å². The first-order valence-corrected chi connectivity index (χ1v) is 6.56. The van der Waals surface area contributed by atoms with Crippen molar-refractivity contribution >= 4 is 17.7 Å². The lowest BCUT2D eigenvalue weighted by atomic mass is 10.0. The van der Waals surface area contributed by atoms with Crippen molar-refractivity contribution in [2.75, 3.05) is 19.0 Å². The fourth-order valence-electron chi connectivity index (χ4n) is 2.33. The molecule has 0 radical (unpaired) electrons. The monoisotopic (exact) mass is 278 g/mol. The van der Waals surface area contributed by atoms with Crippen LogP contribution in [0.15, 0.2) is 24.3 Å². The molecule has 108 valence electrons. The van der Waals surface area contributed by atoms with Gasteiger partial charge in [0.25, 0.3) is 0 Å². The SMILES string of the molecule is COc1cccc(NC(=O)N2CCCCC2C(=O)O)c1. The maximum absolute atomic E-state index is 12.2. The van der Waals surface area contributed by atoms with Crippen LogP contribution in [0.1, 0.15) is 19.3 Å². The molecule has 6 heteroatoms. The molecular formula is C14H18N2O4. The Morgan fingerprint density at radius 2 is 2.20 bits per heavy atom. The lowest BCUT2D eigenvalue weighted by Gasteiger charge is -2.32. The van der Waals surface area contributed by atoms with Crippen molar-refractivity contribution in [1.29, 1.82) is 0 Å². The predicted molar refractivity (Wildman–Crippen MR) is 74.0 cm³/mol. The molecule has 2 amide bonds. The Morgan fingerprint density at radius 3 is 2.90 bits per heavy atom. The molecule has 2 rings (SSSR count). The Labute approximate surface area is 117 Å². The zero-order chi connectivity index (χ0) is 14.5. The molecule has 1 aliphatic heterocycles. The number of methoxy groups -OCH3 is 1. The van der Waals surface area contributed by atoms with Crippen molar-refractivity contribution in [3.05, 3.63) is 24.3 Å². The number of carbonyl (C=O) groups excluding carboxylic acids is 1. The molecule has 1 aliphatic rings. The van der Waals surface area contributed by atoms with E-state index in [0.717, 1.165) is 12.8 Å². The van der Waals surface area contributed by atoms with E-state index in [1.807, 2.05) is 0 Å². The number of rotatable bonds is 3. The molecule has 1 aromatic carbocycles. The van der Waals surface area contributed by atoms with Crippen LogP contribution < -0.4 is 10.1 Å². The summed E-state index contributed by atoms with van der Waals surface area (Å²) in [5, 5.41) is 11.9. The number of anilines is 1. The van der Waals surface area contributed by atoms with Crippen molar-refractivity contribution in [3.8, 4) is 5.75 Å². The summed E-state index contributed by atoms with van der Waals surface area (Å²) >= 11 is 0. The minimum absolute atomic E-state index is 0.384. The van der Waals surface area contributed by atoms with Crippen LogP contribution in [0.5, 0.6) is 5.75 Å². The van der Waals surface area contributed by atoms with Crippen molar-refractivity contribution in [1.82, 2.24) is 4.90 Å². The van der Waals surface area contributed by atoms with Gasteiger partial charge in [0.15, 0.2) is 0 Å². The van der Waals surface area contributed by atoms with Gasteiger partial charge in [0.2, 0.25) is 0 Å². The Bertz CT molecular complexity index is 504. The van der Waals surface area contributed by atoms with Crippen molar-refractivity contribution in [3.63, 3.8) is 0 Å². The number of nitrogens with one attached hydrogen (secondary N) is 1. The van der Waals surface area contributed by atoms with Crippen LogP contribution in [-0.2, 0) is 4.79 Å². The van der Waals surface area contributed by atoms with E-state index in [4.69, 9.17) is 9.84 Å². The smallest absolute Gasteiger partial charge is 0.326 e. The standard InChI is InChI=1S/C14H18N2O4/c1-20-11-6-4-5-10(9-11)15-14(19)16-8-3-2-7-12(16)13(17)18/h4-6,9,12H,2-3,7-8H2,1H3,(H,15,19)(H,17,18). The quantitative estimate of drug-likeness (QED) is 0.888. The van der Waals surface area contributed by atoms with Gasteiger partial charge in [-0.1, -0.05) is 6.07 Å². The highest BCUT2D eigenvalue weighted by atomic mass is 16.5. The molecule has 0 saturated carbocycles. The summed E-state index contributed by atoms with van der Waals surface area (Å²) in [4.78, 5) is 24.8. The summed E-state index contributed by atoms with van der Waals surface area (Å²) in [6.07, 6.45) is 2.16. The van der Waals surface area contributed by atoms with E-state index in [1.54, 1.807) is 31.4 Å². The zero-order valence-corrected chi connectivity index (χ0v) is 11.3. The third kappa shape index (κ3) is 3.20. The number of ether oxygens (including phenoxy) is 1. The minimum atomic E-state index is -0.953. The molecule has 6 nitrogen and oxygen atoms in total. The first kappa shape index (κ1) is 14.2. The number of hydrogen-bond acceptors (Lipinski definition) is 3. The molecular weight excluding hydrogens is 260 g/mol. The largest absolute Gasteiger partial charge is 0.497 e. The molecule has 0 bridgehead atoms. The number of carbonyl (C=O) groups is 2. The first-order chi connectivity index (χ1) is 9.61. The third-order valence-corrected chi connectivity index (χ3v) is 3.37. The van der Waals surface area contributed by atoms with Gasteiger partial charge in [-0.25, -0.2) is 9.59 Å². The molecule has 0 spiro atoms. The fourth-order valence-corrected chi connectivity index (χ4v) is 2.33. The summed E-state index contributed by atoms with van der Waals surface area (Å²) < 4.78 is 5.08. The normalized spacial score (nSPS) is 18.4. The number of piperidine rings is 1. The lowest BCUT2D eigenvalue weighted by molar-refractivity contribution is -0.143. The molecule has 1 saturated heterocycles. The number of benzene rings is 1. The number of aliphatic carboxylic acids is 1. The first-order valence-electron chi connectivity index (χ1n) is 6.56. The molecule has 1 unspecified atom stereocenters. The maximum atomic E-state index is 12.2. The van der Waals surface area contributed by atoms with Crippen LogP contribution >= 0.6 is 0 Å². The predicted octanol–water partition coefficient (Wildman–Crippen LogP) is 2.17. The third-order valence-electron chi connectivity index (χ3n) is 3.37. The topological polar surface area (TPSA) is 78.9 Å². The highest BCUT2D eigenvalue weighted by Gasteiger charge is 2.31. The Balaban J connectivity index is 2.07. The molecule has 1 aromatic rings. The molecule has 1 heterocycles. The van der Waals surface area contributed by atoms with Gasteiger partial charge in [-0.05, 0) is 31.4 Å². The van der Waals surface area contributed by atoms with E-state index < -0.39 is 12.0 Å². The lowest BCUT2D eigenvalue weighted by Crippen LogP contribution is -2.49. The van der Waals surface area contributed by atoms with Gasteiger partial charge in [-0.15, -0.1) is 0 Å². The molecule has 1 fully saturated rings. The summed E-state index contributed by atoms with van der Waals surface area (Å²) in [5.74, 6) is -0.318. The van der Waals surface area contributed by atoms with E-state index in [-0.39, 0.29) is 6.03 Å². The average molecular weight is 278 g/mol. The zero-order valence-electron chi connectivity index (χ0n) is 11.3. The van der Waals surface area contributed by atoms with Crippen molar-refractivity contribution in [2.24, 2.45) is 0 Å². The van der Waals surface area contributed by atoms with Crippen LogP contribution in [0, 0.1) is 0 Å². The van der Waals surface area contributed by atoms with E-state index in [0.29, 0.717) is 24.4 Å². The van der Waals surface area contributed by atoms with Gasteiger partial charge >= 0.3 is 12.0 Å². The Morgan fingerprint density at radius 1 is 1.40 bits per heavy atom. The minimum Gasteiger partial charge on any atom is -0.497 e. The highest BCUT2D eigenvalue weighted by molar-refractivity contribution is 5.92. The van der Waals surface area contributed by atoms with Gasteiger partial charge in [0, 0.05) is 18.3 Å². The number of carboxylic acids is 1. The fraction of sp³-hybridized carbons (Fsp3) is 0.429. The molecule has 0 aliphatic carbocycles. The van der Waals surface area contributed by atoms with Gasteiger partial charge in [-0.3, -0.25) is 0 Å². The summed E-state index contributed by atoms with van der Waals surface area (Å²) in [6.45, 7) is 0.465. The van der Waals surface area contributed by atoms with E-state index in [9.17, 15) is 9.59 Å². The number of nitrogens with zero attached hydrogens (tertiary/aromatic N) is 1. The summed E-state index contributed by atoms with van der Waals surface area (Å²) in [7, 11) is 1.55. The van der Waals surface area contributed by atoms with Crippen molar-refractivity contribution < 1.29 is 19.4 Å². The van der Waals surface area contributed by atoms with Gasteiger partial charge in [-0.2, -0.15) is 0 Å². The van der Waals surface area contributed by atoms with Gasteiger partial charge in [0.05, 0.1) is 7.11 Å². The summed E-state index contributed by atoms with van der Waals surface area (Å²) in [5.41, 5.74) is 0.587. The van der Waals surface area contributed by atoms with Crippen LogP contribution in [-0.4, -0.2) is 41.7 Å². The number of urea groups is 1. The van der Waals surface area contributed by atoms with Crippen LogP contribution in [0.2, 0.25) is 0 Å². The molecule has 0 aromatic heterocycles. The second-order valence-electron chi connectivity index (χ2n) is 4.71. The van der Waals surface area contributed by atoms with E-state index in [2.05, 4.69) is 5.32 Å². The van der Waals surface area contributed by atoms with Crippen LogP contribution in [0.4, 0.5) is 10.5 Å². The second kappa shape index (κ2) is 6.27. The number of likely N-dealkylation sites (tertiary alicyclic amines) is 1. The van der Waals surface area contributed by atoms with Crippen LogP contribution in [0.3, 0.4) is 0 Å². The van der Waals surface area contributed by atoms with Gasteiger partial charge < -0.3 is 20.1 Å². The maximum Gasteiger partial charge on any atom is 0.326 e. The molecule has 1 atom stereocenters. The van der Waals surface area contributed by atoms with E-state index in [1.165, 1.54) is 4.90 Å². The second-order valence-corrected chi connectivity index (χ2v) is 4.71. The average Bonchev–Trinajstić information content (AvgIpc) is 2.47. The number of amides is 2. The molecule has 2 N–H and O–H groups in total. The van der Waals surface area contributed by atoms with Crippen LogP contribution in [0.25, 0.3) is 0 Å². The summed E-state index contributed by atoms with van der Waals surface area (Å²) in [6, 6.07) is 5.84. The number of carboxylic acid groups (broad SMARTS) is 1. The van der Waals surface area contributed by atoms with Gasteiger partial charge in [0.1, 0.15) is 11.8 Å².